The molecule has 2 saturated heterocycles. The maximum Gasteiger partial charge on any atom is 0.228 e. The summed E-state index contributed by atoms with van der Waals surface area (Å²) in [5, 5.41) is 0.756. The average molecular weight is 447 g/mol. The summed E-state index contributed by atoms with van der Waals surface area (Å²) in [5.41, 5.74) is 8.16. The van der Waals surface area contributed by atoms with Crippen LogP contribution in [-0.2, 0) is 17.6 Å². The van der Waals surface area contributed by atoms with Gasteiger partial charge in [0.1, 0.15) is 11.4 Å². The van der Waals surface area contributed by atoms with Crippen LogP contribution in [0.2, 0.25) is 5.02 Å². The standard InChI is InChI=1S/C21H27ClN6OS/c22-15-3-5-16(6-4-15)26-9-11-27(12-10-26)21-24-18-7-13-30(29)19(18)20(25-21)28-8-1-2-17(28)14-23/h3-6,17H,1-2,7-14,23H2/t17-,30?/m0/s1. The number of aryl methyl sites for hydroxylation is 1. The molecule has 0 saturated carbocycles. The lowest BCUT2D eigenvalue weighted by molar-refractivity contribution is 0.596. The zero-order valence-electron chi connectivity index (χ0n) is 17.0. The highest BCUT2D eigenvalue weighted by Crippen LogP contribution is 2.37. The summed E-state index contributed by atoms with van der Waals surface area (Å²) in [5.74, 6) is 2.27. The van der Waals surface area contributed by atoms with Crippen LogP contribution >= 0.6 is 11.6 Å². The third-order valence-corrected chi connectivity index (χ3v) is 8.03. The van der Waals surface area contributed by atoms with Crippen molar-refractivity contribution in [2.75, 3.05) is 59.7 Å². The Hall–Kier alpha value is -1.74. The van der Waals surface area contributed by atoms with Gasteiger partial charge in [0.25, 0.3) is 0 Å². The third-order valence-electron chi connectivity index (χ3n) is 6.33. The molecule has 0 spiro atoms. The van der Waals surface area contributed by atoms with Crippen LogP contribution < -0.4 is 20.4 Å². The van der Waals surface area contributed by atoms with Gasteiger partial charge in [0.2, 0.25) is 10.8 Å². The minimum atomic E-state index is -1.01. The number of benzene rings is 1. The summed E-state index contributed by atoms with van der Waals surface area (Å²) in [7, 11) is 0. The lowest BCUT2D eigenvalue weighted by Gasteiger charge is -2.36. The second kappa shape index (κ2) is 8.42. The number of hydrogen-bond acceptors (Lipinski definition) is 7. The van der Waals surface area contributed by atoms with Gasteiger partial charge in [0.05, 0.1) is 0 Å². The molecule has 1 aromatic carbocycles. The molecule has 9 heteroatoms. The van der Waals surface area contributed by atoms with Crippen molar-refractivity contribution in [3.05, 3.63) is 35.0 Å². The van der Waals surface area contributed by atoms with Gasteiger partial charge >= 0.3 is 0 Å². The van der Waals surface area contributed by atoms with Gasteiger partial charge in [0, 0.05) is 62.4 Å². The first-order valence-electron chi connectivity index (χ1n) is 10.7. The van der Waals surface area contributed by atoms with Crippen molar-refractivity contribution in [2.45, 2.75) is 30.2 Å². The van der Waals surface area contributed by atoms with Crippen LogP contribution in [-0.4, -0.2) is 65.6 Å². The number of aromatic nitrogens is 2. The number of piperazine rings is 1. The quantitative estimate of drug-likeness (QED) is 0.719. The number of nitrogens with two attached hydrogens (primary N) is 1. The van der Waals surface area contributed by atoms with Crippen molar-refractivity contribution >= 4 is 40.2 Å². The van der Waals surface area contributed by atoms with Gasteiger partial charge in [-0.1, -0.05) is 11.6 Å². The Bertz CT molecular complexity index is 905. The minimum absolute atomic E-state index is 0.274. The Morgan fingerprint density at radius 2 is 1.80 bits per heavy atom. The molecule has 0 bridgehead atoms. The van der Waals surface area contributed by atoms with Crippen LogP contribution in [0, 0.1) is 0 Å². The molecule has 2 atom stereocenters. The van der Waals surface area contributed by atoms with Crippen molar-refractivity contribution in [3.8, 4) is 0 Å². The Balaban J connectivity index is 1.39. The molecule has 0 radical (unpaired) electrons. The van der Waals surface area contributed by atoms with Crippen molar-refractivity contribution in [1.82, 2.24) is 9.97 Å². The fraction of sp³-hybridized carbons (Fsp3) is 0.524. The zero-order valence-corrected chi connectivity index (χ0v) is 18.5. The van der Waals surface area contributed by atoms with Crippen molar-refractivity contribution < 1.29 is 4.55 Å². The van der Waals surface area contributed by atoms with Gasteiger partial charge in [-0.25, -0.2) is 4.98 Å². The molecule has 2 fully saturated rings. The normalized spacial score (nSPS) is 23.9. The van der Waals surface area contributed by atoms with Crippen LogP contribution in [0.25, 0.3) is 0 Å². The first-order chi connectivity index (χ1) is 14.6. The number of halogens is 1. The summed E-state index contributed by atoms with van der Waals surface area (Å²) in [6.45, 7) is 5.03. The first-order valence-corrected chi connectivity index (χ1v) is 12.3. The molecule has 160 valence electrons. The van der Waals surface area contributed by atoms with E-state index in [-0.39, 0.29) is 6.04 Å². The monoisotopic (exact) mass is 446 g/mol. The highest BCUT2D eigenvalue weighted by atomic mass is 35.5. The largest absolute Gasteiger partial charge is 0.611 e. The Kier molecular flexibility index (Phi) is 5.66. The number of anilines is 3. The SMILES string of the molecule is NC[C@@H]1CCCN1c1nc(N2CCN(c3ccc(Cl)cc3)CC2)nc2c1[S+]([O-])CC2. The first kappa shape index (κ1) is 20.2. The average Bonchev–Trinajstić information content (AvgIpc) is 3.40. The maximum absolute atomic E-state index is 12.7. The van der Waals surface area contributed by atoms with Gasteiger partial charge in [-0.15, -0.1) is 0 Å². The van der Waals surface area contributed by atoms with E-state index in [1.54, 1.807) is 0 Å². The summed E-state index contributed by atoms with van der Waals surface area (Å²) in [6.07, 6.45) is 2.93. The molecule has 1 aromatic heterocycles. The van der Waals surface area contributed by atoms with E-state index in [2.05, 4.69) is 26.8 Å². The third kappa shape index (κ3) is 3.70. The molecule has 2 aromatic rings. The molecule has 0 aliphatic carbocycles. The molecular weight excluding hydrogens is 420 g/mol. The number of hydrogen-bond donors (Lipinski definition) is 1. The highest BCUT2D eigenvalue weighted by Gasteiger charge is 2.38. The Morgan fingerprint density at radius 1 is 1.07 bits per heavy atom. The predicted octanol–water partition coefficient (Wildman–Crippen LogP) is 2.05. The molecule has 3 aliphatic heterocycles. The summed E-state index contributed by atoms with van der Waals surface area (Å²) in [4.78, 5) is 17.6. The Morgan fingerprint density at radius 3 is 2.53 bits per heavy atom. The molecule has 1 unspecified atom stereocenters. The molecule has 30 heavy (non-hydrogen) atoms. The number of rotatable bonds is 4. The highest BCUT2D eigenvalue weighted by molar-refractivity contribution is 7.91. The van der Waals surface area contributed by atoms with Gasteiger partial charge in [-0.05, 0) is 48.3 Å². The van der Waals surface area contributed by atoms with Crippen LogP contribution in [0.15, 0.2) is 29.2 Å². The zero-order chi connectivity index (χ0) is 20.7. The summed E-state index contributed by atoms with van der Waals surface area (Å²) in [6, 6.07) is 8.28. The van der Waals surface area contributed by atoms with E-state index >= 15 is 0 Å². The smallest absolute Gasteiger partial charge is 0.228 e. The minimum Gasteiger partial charge on any atom is -0.611 e. The summed E-state index contributed by atoms with van der Waals surface area (Å²) >= 11 is 5.01. The van der Waals surface area contributed by atoms with Crippen LogP contribution in [0.4, 0.5) is 17.5 Å². The van der Waals surface area contributed by atoms with E-state index in [1.165, 1.54) is 5.69 Å². The van der Waals surface area contributed by atoms with Gasteiger partial charge in [-0.3, -0.25) is 0 Å². The van der Waals surface area contributed by atoms with E-state index in [1.807, 2.05) is 12.1 Å². The van der Waals surface area contributed by atoms with Crippen LogP contribution in [0.1, 0.15) is 18.5 Å². The predicted molar refractivity (Wildman–Crippen MR) is 122 cm³/mol. The molecule has 3 aliphatic rings. The number of fused-ring (bicyclic) bond motifs is 1. The van der Waals surface area contributed by atoms with E-state index in [0.29, 0.717) is 12.3 Å². The fourth-order valence-electron chi connectivity index (χ4n) is 4.68. The lowest BCUT2D eigenvalue weighted by Crippen LogP contribution is -2.47. The Labute approximate surface area is 185 Å². The molecule has 5 rings (SSSR count). The second-order valence-electron chi connectivity index (χ2n) is 8.10. The van der Waals surface area contributed by atoms with E-state index in [4.69, 9.17) is 27.3 Å². The summed E-state index contributed by atoms with van der Waals surface area (Å²) < 4.78 is 12.7. The van der Waals surface area contributed by atoms with Crippen LogP contribution in [0.3, 0.4) is 0 Å². The maximum atomic E-state index is 12.7. The van der Waals surface area contributed by atoms with Crippen LogP contribution in [0.5, 0.6) is 0 Å². The second-order valence-corrected chi connectivity index (χ2v) is 10.0. The molecule has 4 heterocycles. The van der Waals surface area contributed by atoms with Crippen molar-refractivity contribution in [2.24, 2.45) is 5.73 Å². The van der Waals surface area contributed by atoms with Gasteiger partial charge in [0.15, 0.2) is 5.82 Å². The molecule has 7 nitrogen and oxygen atoms in total. The lowest BCUT2D eigenvalue weighted by atomic mass is 10.2. The van der Waals surface area contributed by atoms with Crippen molar-refractivity contribution in [1.29, 1.82) is 0 Å². The van der Waals surface area contributed by atoms with Gasteiger partial charge < -0.3 is 25.0 Å². The van der Waals surface area contributed by atoms with Gasteiger partial charge in [-0.2, -0.15) is 4.98 Å². The fourth-order valence-corrected chi connectivity index (χ4v) is 6.16. The van der Waals surface area contributed by atoms with E-state index in [0.717, 1.165) is 79.4 Å². The molecule has 2 N–H and O–H groups in total. The number of nitrogens with zero attached hydrogens (tertiary/aromatic N) is 5. The topological polar surface area (TPSA) is 84.6 Å². The molecule has 0 amide bonds. The molecular formula is C21H27ClN6OS. The van der Waals surface area contributed by atoms with Crippen molar-refractivity contribution in [3.63, 3.8) is 0 Å². The van der Waals surface area contributed by atoms with E-state index in [9.17, 15) is 4.55 Å². The van der Waals surface area contributed by atoms with E-state index < -0.39 is 11.2 Å².